The highest BCUT2D eigenvalue weighted by Crippen LogP contribution is 2.30. The maximum absolute atomic E-state index is 11.6. The lowest BCUT2D eigenvalue weighted by atomic mass is 9.84. The highest BCUT2D eigenvalue weighted by atomic mass is 16.4. The molecule has 0 bridgehead atoms. The second kappa shape index (κ2) is 5.79. The molecule has 2 aromatic carbocycles. The Bertz CT molecular complexity index is 725. The number of amides is 1. The zero-order chi connectivity index (χ0) is 15.6. The molecule has 1 saturated heterocycles. The molecule has 1 heterocycles. The second-order valence-electron chi connectivity index (χ2n) is 6.08. The van der Waals surface area contributed by atoms with Crippen molar-refractivity contribution in [1.29, 1.82) is 0 Å². The van der Waals surface area contributed by atoms with Crippen molar-refractivity contribution in [3.63, 3.8) is 0 Å². The van der Waals surface area contributed by atoms with Crippen LogP contribution in [0.25, 0.3) is 10.8 Å². The molecule has 1 fully saturated rings. The van der Waals surface area contributed by atoms with Gasteiger partial charge in [-0.15, -0.1) is 0 Å². The summed E-state index contributed by atoms with van der Waals surface area (Å²) in [7, 11) is 0. The van der Waals surface area contributed by atoms with Crippen LogP contribution in [0, 0.1) is 0 Å². The fraction of sp³-hybridized carbons (Fsp3) is 0.333. The van der Waals surface area contributed by atoms with Crippen molar-refractivity contribution >= 4 is 22.6 Å². The van der Waals surface area contributed by atoms with E-state index in [9.17, 15) is 9.59 Å². The Balaban J connectivity index is 1.85. The number of fused-ring (bicyclic) bond motifs is 1. The zero-order valence-corrected chi connectivity index (χ0v) is 12.3. The highest BCUT2D eigenvalue weighted by molar-refractivity contribution is 5.83. The fourth-order valence-electron chi connectivity index (χ4n) is 3.27. The third-order valence-electron chi connectivity index (χ3n) is 4.41. The number of nitrogens with one attached hydrogen (secondary N) is 1. The first-order chi connectivity index (χ1) is 10.6. The third kappa shape index (κ3) is 3.11. The normalized spacial score (nSPS) is 21.0. The summed E-state index contributed by atoms with van der Waals surface area (Å²) in [6.07, 6.45) is 2.41. The van der Waals surface area contributed by atoms with E-state index in [-0.39, 0.29) is 12.3 Å². The first kappa shape index (κ1) is 14.6. The van der Waals surface area contributed by atoms with E-state index in [0.29, 0.717) is 25.7 Å². The lowest BCUT2D eigenvalue weighted by Gasteiger charge is -2.29. The smallest absolute Gasteiger partial charge is 0.303 e. The fourth-order valence-corrected chi connectivity index (χ4v) is 3.27. The van der Waals surface area contributed by atoms with Crippen molar-refractivity contribution < 1.29 is 14.7 Å². The molecule has 1 amide bonds. The first-order valence-electron chi connectivity index (χ1n) is 7.57. The molecular weight excluding hydrogens is 278 g/mol. The van der Waals surface area contributed by atoms with Crippen LogP contribution in [0.3, 0.4) is 0 Å². The van der Waals surface area contributed by atoms with E-state index in [2.05, 4.69) is 35.6 Å². The number of benzene rings is 2. The van der Waals surface area contributed by atoms with Crippen molar-refractivity contribution in [3.05, 3.63) is 48.0 Å². The molecule has 0 spiro atoms. The Morgan fingerprint density at radius 1 is 1.18 bits per heavy atom. The minimum atomic E-state index is -0.820. The molecule has 1 aliphatic heterocycles. The number of hydrogen-bond acceptors (Lipinski definition) is 2. The first-order valence-corrected chi connectivity index (χ1v) is 7.57. The number of carbonyl (C=O) groups excluding carboxylic acids is 1. The molecule has 1 aliphatic rings. The molecule has 2 N–H and O–H groups in total. The van der Waals surface area contributed by atoms with Crippen LogP contribution in [-0.2, 0) is 16.0 Å². The van der Waals surface area contributed by atoms with Gasteiger partial charge in [0.25, 0.3) is 0 Å². The van der Waals surface area contributed by atoms with Crippen LogP contribution in [-0.4, -0.2) is 22.5 Å². The standard InChI is InChI=1S/C18H19NO3/c20-16-7-9-18(19-16,10-8-17(21)22)12-13-5-6-14-3-1-2-4-15(14)11-13/h1-6,11H,7-10,12H2,(H,19,20)(H,21,22)/t18-/m0/s1. The van der Waals surface area contributed by atoms with E-state index in [1.807, 2.05) is 12.1 Å². The average Bonchev–Trinajstić information content (AvgIpc) is 2.87. The van der Waals surface area contributed by atoms with Gasteiger partial charge < -0.3 is 10.4 Å². The second-order valence-corrected chi connectivity index (χ2v) is 6.08. The van der Waals surface area contributed by atoms with E-state index in [0.717, 1.165) is 10.9 Å². The number of aliphatic carboxylic acids is 1. The minimum absolute atomic E-state index is 0.0196. The Hall–Kier alpha value is -2.36. The van der Waals surface area contributed by atoms with Crippen LogP contribution in [0.5, 0.6) is 0 Å². The van der Waals surface area contributed by atoms with E-state index in [1.54, 1.807) is 0 Å². The SMILES string of the molecule is O=C(O)CC[C@]1(Cc2ccc3ccccc3c2)CCC(=O)N1. The van der Waals surface area contributed by atoms with Gasteiger partial charge in [-0.05, 0) is 35.6 Å². The average molecular weight is 297 g/mol. The summed E-state index contributed by atoms with van der Waals surface area (Å²) in [5, 5.41) is 14.3. The van der Waals surface area contributed by atoms with E-state index >= 15 is 0 Å². The zero-order valence-electron chi connectivity index (χ0n) is 12.3. The van der Waals surface area contributed by atoms with Gasteiger partial charge in [0.2, 0.25) is 5.91 Å². The van der Waals surface area contributed by atoms with Gasteiger partial charge in [0, 0.05) is 18.4 Å². The van der Waals surface area contributed by atoms with Gasteiger partial charge in [-0.1, -0.05) is 42.5 Å². The van der Waals surface area contributed by atoms with E-state index in [1.165, 1.54) is 5.39 Å². The molecule has 114 valence electrons. The van der Waals surface area contributed by atoms with Crippen LogP contribution >= 0.6 is 0 Å². The van der Waals surface area contributed by atoms with E-state index < -0.39 is 11.5 Å². The third-order valence-corrected chi connectivity index (χ3v) is 4.41. The number of hydrogen-bond donors (Lipinski definition) is 2. The molecule has 3 rings (SSSR count). The summed E-state index contributed by atoms with van der Waals surface area (Å²) >= 11 is 0. The van der Waals surface area contributed by atoms with Gasteiger partial charge in [0.1, 0.15) is 0 Å². The monoisotopic (exact) mass is 297 g/mol. The number of carbonyl (C=O) groups is 2. The van der Waals surface area contributed by atoms with Crippen molar-refractivity contribution in [1.82, 2.24) is 5.32 Å². The summed E-state index contributed by atoms with van der Waals surface area (Å²) in [6, 6.07) is 14.4. The van der Waals surface area contributed by atoms with Gasteiger partial charge in [-0.2, -0.15) is 0 Å². The van der Waals surface area contributed by atoms with Gasteiger partial charge >= 0.3 is 5.97 Å². The van der Waals surface area contributed by atoms with Crippen molar-refractivity contribution in [2.24, 2.45) is 0 Å². The molecule has 0 radical (unpaired) electrons. The Morgan fingerprint density at radius 3 is 2.64 bits per heavy atom. The number of rotatable bonds is 5. The molecule has 2 aromatic rings. The van der Waals surface area contributed by atoms with Crippen molar-refractivity contribution in [2.45, 2.75) is 37.6 Å². The van der Waals surface area contributed by atoms with Crippen LogP contribution in [0.4, 0.5) is 0 Å². The lowest BCUT2D eigenvalue weighted by Crippen LogP contribution is -2.44. The summed E-state index contributed by atoms with van der Waals surface area (Å²) in [5.74, 6) is -0.801. The summed E-state index contributed by atoms with van der Waals surface area (Å²) in [4.78, 5) is 22.5. The Kier molecular flexibility index (Phi) is 3.84. The molecule has 0 saturated carbocycles. The number of carboxylic acids is 1. The lowest BCUT2D eigenvalue weighted by molar-refractivity contribution is -0.137. The quantitative estimate of drug-likeness (QED) is 0.891. The molecular formula is C18H19NO3. The number of carboxylic acid groups (broad SMARTS) is 1. The molecule has 22 heavy (non-hydrogen) atoms. The maximum Gasteiger partial charge on any atom is 0.303 e. The molecule has 1 atom stereocenters. The van der Waals surface area contributed by atoms with Crippen LogP contribution < -0.4 is 5.32 Å². The van der Waals surface area contributed by atoms with E-state index in [4.69, 9.17) is 5.11 Å². The molecule has 0 unspecified atom stereocenters. The summed E-state index contributed by atoms with van der Waals surface area (Å²) in [5.41, 5.74) is 0.712. The molecule has 4 nitrogen and oxygen atoms in total. The highest BCUT2D eigenvalue weighted by Gasteiger charge is 2.37. The van der Waals surface area contributed by atoms with Gasteiger partial charge in [0.05, 0.1) is 0 Å². The van der Waals surface area contributed by atoms with Gasteiger partial charge in [-0.25, -0.2) is 0 Å². The Labute approximate surface area is 129 Å². The summed E-state index contributed by atoms with van der Waals surface area (Å²) in [6.45, 7) is 0. The molecule has 4 heteroatoms. The summed E-state index contributed by atoms with van der Waals surface area (Å²) < 4.78 is 0. The van der Waals surface area contributed by atoms with Crippen LogP contribution in [0.15, 0.2) is 42.5 Å². The molecule has 0 aromatic heterocycles. The predicted molar refractivity (Wildman–Crippen MR) is 84.6 cm³/mol. The topological polar surface area (TPSA) is 66.4 Å². The minimum Gasteiger partial charge on any atom is -0.481 e. The van der Waals surface area contributed by atoms with Crippen LogP contribution in [0.1, 0.15) is 31.2 Å². The van der Waals surface area contributed by atoms with Crippen molar-refractivity contribution in [3.8, 4) is 0 Å². The largest absolute Gasteiger partial charge is 0.481 e. The molecule has 0 aliphatic carbocycles. The maximum atomic E-state index is 11.6. The van der Waals surface area contributed by atoms with Crippen molar-refractivity contribution in [2.75, 3.05) is 0 Å². The predicted octanol–water partition coefficient (Wildman–Crippen LogP) is 2.90. The van der Waals surface area contributed by atoms with Gasteiger partial charge in [0.15, 0.2) is 0 Å². The Morgan fingerprint density at radius 2 is 1.95 bits per heavy atom. The van der Waals surface area contributed by atoms with Gasteiger partial charge in [-0.3, -0.25) is 9.59 Å². The van der Waals surface area contributed by atoms with Crippen LogP contribution in [0.2, 0.25) is 0 Å².